The number of aliphatic hydroxyl groups excluding tert-OH is 1. The average Bonchev–Trinajstić information content (AvgIpc) is 2.97. The molecule has 0 fully saturated rings. The molecule has 46 heavy (non-hydrogen) atoms. The first-order chi connectivity index (χ1) is 21.1. The fourth-order valence-corrected chi connectivity index (χ4v) is 5.60. The number of allylic oxidation sites excluding steroid dienone is 2. The molecule has 2 heterocycles. The fraction of sp³-hybridized carbons (Fsp3) is 0.447. The molecule has 0 aliphatic carbocycles. The average molecular weight is 812 g/mol. The second-order valence-electron chi connectivity index (χ2n) is 12.5. The molecule has 0 aliphatic heterocycles. The summed E-state index contributed by atoms with van der Waals surface area (Å²) in [6.45, 7) is 14.5. The number of hydrogen-bond acceptors (Lipinski definition) is 4. The van der Waals surface area contributed by atoms with Gasteiger partial charge in [0.25, 0.3) is 0 Å². The largest absolute Gasteiger partial charge is 0.512 e. The molecular formula is C38H46F3IrN2O2-. The second kappa shape index (κ2) is 16.6. The third kappa shape index (κ3) is 9.48. The summed E-state index contributed by atoms with van der Waals surface area (Å²) >= 11 is 0. The summed E-state index contributed by atoms with van der Waals surface area (Å²) < 4.78 is 39.8. The van der Waals surface area contributed by atoms with Crippen LogP contribution in [-0.2, 0) is 31.3 Å². The number of nitrogens with zero attached hydrogens (tertiary/aromatic N) is 2. The Morgan fingerprint density at radius 2 is 1.52 bits per heavy atom. The van der Waals surface area contributed by atoms with Gasteiger partial charge in [-0.15, -0.1) is 34.9 Å². The Hall–Kier alpha value is -3.09. The van der Waals surface area contributed by atoms with E-state index in [0.29, 0.717) is 5.69 Å². The zero-order valence-electron chi connectivity index (χ0n) is 28.1. The molecule has 0 bridgehead atoms. The van der Waals surface area contributed by atoms with Gasteiger partial charge in [-0.2, -0.15) is 13.2 Å². The third-order valence-corrected chi connectivity index (χ3v) is 8.58. The van der Waals surface area contributed by atoms with Crippen molar-refractivity contribution in [2.24, 2.45) is 17.3 Å². The number of ketones is 1. The molecule has 2 aromatic heterocycles. The molecule has 0 saturated heterocycles. The van der Waals surface area contributed by atoms with Crippen LogP contribution in [-0.4, -0.2) is 27.0 Å². The number of carbonyl (C=O) groups excluding carboxylic acids is 1. The van der Waals surface area contributed by atoms with Crippen LogP contribution < -0.4 is 0 Å². The van der Waals surface area contributed by atoms with Crippen LogP contribution in [0, 0.1) is 37.2 Å². The molecule has 4 aromatic rings. The molecule has 4 nitrogen and oxygen atoms in total. The number of carbonyl (C=O) groups is 1. The van der Waals surface area contributed by atoms with Crippen molar-refractivity contribution in [2.75, 3.05) is 0 Å². The van der Waals surface area contributed by atoms with Crippen molar-refractivity contribution in [1.29, 1.82) is 0 Å². The Morgan fingerprint density at radius 1 is 0.891 bits per heavy atom. The van der Waals surface area contributed by atoms with Gasteiger partial charge in [-0.05, 0) is 59.7 Å². The van der Waals surface area contributed by atoms with Gasteiger partial charge in [0.2, 0.25) is 0 Å². The van der Waals surface area contributed by atoms with E-state index in [1.165, 1.54) is 19.9 Å². The summed E-state index contributed by atoms with van der Waals surface area (Å²) in [5, 5.41) is 13.5. The van der Waals surface area contributed by atoms with Crippen molar-refractivity contribution >= 4 is 27.3 Å². The number of halogens is 3. The molecule has 251 valence electrons. The number of pyridine rings is 2. The first kappa shape index (κ1) is 39.1. The molecule has 1 radical (unpaired) electrons. The van der Waals surface area contributed by atoms with E-state index >= 15 is 0 Å². The van der Waals surface area contributed by atoms with Gasteiger partial charge >= 0.3 is 6.18 Å². The van der Waals surface area contributed by atoms with Crippen molar-refractivity contribution in [3.8, 4) is 11.3 Å². The van der Waals surface area contributed by atoms with Gasteiger partial charge in [0.15, 0.2) is 5.78 Å². The molecule has 0 aliphatic rings. The number of fused-ring (bicyclic) bond motifs is 3. The summed E-state index contributed by atoms with van der Waals surface area (Å²) in [5.41, 5.74) is 2.54. The van der Waals surface area contributed by atoms with Crippen LogP contribution in [0.4, 0.5) is 13.2 Å². The van der Waals surface area contributed by atoms with E-state index in [1.807, 2.05) is 59.7 Å². The molecule has 0 spiro atoms. The maximum absolute atomic E-state index is 13.3. The summed E-state index contributed by atoms with van der Waals surface area (Å²) in [5.74, 6) is 0.547. The smallest absolute Gasteiger partial charge is 0.394 e. The number of aliphatic hydroxyl groups is 1. The zero-order valence-corrected chi connectivity index (χ0v) is 30.5. The minimum atomic E-state index is -4.28. The predicted octanol–water partition coefficient (Wildman–Crippen LogP) is 10.9. The van der Waals surface area contributed by atoms with Crippen molar-refractivity contribution < 1.29 is 43.2 Å². The van der Waals surface area contributed by atoms with E-state index in [-0.39, 0.29) is 49.9 Å². The topological polar surface area (TPSA) is 63.1 Å². The van der Waals surface area contributed by atoms with Gasteiger partial charge < -0.3 is 10.1 Å². The normalized spacial score (nSPS) is 12.3. The van der Waals surface area contributed by atoms with Crippen molar-refractivity contribution in [1.82, 2.24) is 9.97 Å². The van der Waals surface area contributed by atoms with Crippen molar-refractivity contribution in [3.63, 3.8) is 0 Å². The summed E-state index contributed by atoms with van der Waals surface area (Å²) in [4.78, 5) is 20.7. The minimum absolute atomic E-state index is 0. The summed E-state index contributed by atoms with van der Waals surface area (Å²) in [6, 6.07) is 15.1. The van der Waals surface area contributed by atoms with Crippen LogP contribution in [0.1, 0.15) is 84.0 Å². The van der Waals surface area contributed by atoms with E-state index in [2.05, 4.69) is 28.2 Å². The fourth-order valence-electron chi connectivity index (χ4n) is 5.60. The van der Waals surface area contributed by atoms with Crippen LogP contribution in [0.3, 0.4) is 0 Å². The number of benzene rings is 2. The zero-order chi connectivity index (χ0) is 33.5. The van der Waals surface area contributed by atoms with Crippen molar-refractivity contribution in [2.45, 2.75) is 93.7 Å². The van der Waals surface area contributed by atoms with E-state index < -0.39 is 11.6 Å². The molecule has 0 amide bonds. The SMILES string of the molecule is CCC(CC)C(=O)/C=C(\O)C(CC)CC.Cc1[c-]c(-c2nccc3c2ccc2cc(CC(C)(C)C(F)(F)F)ncc23)cc(C)c1.[Ir]. The molecule has 0 atom stereocenters. The molecule has 4 rings (SSSR count). The quantitative estimate of drug-likeness (QED) is 0.0750. The number of aryl methyl sites for hydroxylation is 2. The van der Waals surface area contributed by atoms with Crippen LogP contribution >= 0.6 is 0 Å². The Balaban J connectivity index is 0.000000394. The number of aromatic nitrogens is 2. The number of rotatable bonds is 10. The van der Waals surface area contributed by atoms with Gasteiger partial charge in [0.1, 0.15) is 0 Å². The van der Waals surface area contributed by atoms with Crippen molar-refractivity contribution in [3.05, 3.63) is 83.5 Å². The summed E-state index contributed by atoms with van der Waals surface area (Å²) in [7, 11) is 0. The molecular weight excluding hydrogens is 766 g/mol. The Morgan fingerprint density at radius 3 is 2.09 bits per heavy atom. The van der Waals surface area contributed by atoms with Crippen LogP contribution in [0.2, 0.25) is 0 Å². The first-order valence-corrected chi connectivity index (χ1v) is 15.8. The molecule has 0 saturated carbocycles. The first-order valence-electron chi connectivity index (χ1n) is 15.8. The standard InChI is InChI=1S/C25H22F3N2.C13H24O2.Ir/c1-15-9-16(2)11-18(10-15)23-21-6-5-17-12-19(13-24(3,4)25(26,27)28)30-14-22(17)20(21)7-8-29-23;1-5-10(6-2)12(14)9-13(15)11(7-3)8-4;/h5-10,12,14H,13H2,1-4H3;9-11,14H,5-8H2,1-4H3;/q-1;;/b;12-9-;. The predicted molar refractivity (Wildman–Crippen MR) is 178 cm³/mol. The molecule has 8 heteroatoms. The molecule has 2 aromatic carbocycles. The summed E-state index contributed by atoms with van der Waals surface area (Å²) in [6.07, 6.45) is 3.89. The van der Waals surface area contributed by atoms with Crippen LogP contribution in [0.15, 0.2) is 60.6 Å². The van der Waals surface area contributed by atoms with Crippen LogP contribution in [0.25, 0.3) is 32.8 Å². The Bertz CT molecular complexity index is 1640. The third-order valence-electron chi connectivity index (χ3n) is 8.58. The van der Waals surface area contributed by atoms with Gasteiger partial charge in [0.05, 0.1) is 11.2 Å². The maximum Gasteiger partial charge on any atom is 0.394 e. The van der Waals surface area contributed by atoms with Crippen LogP contribution in [0.5, 0.6) is 0 Å². The van der Waals surface area contributed by atoms with Gasteiger partial charge in [-0.3, -0.25) is 9.78 Å². The monoisotopic (exact) mass is 812 g/mol. The van der Waals surface area contributed by atoms with E-state index in [0.717, 1.165) is 69.6 Å². The van der Waals surface area contributed by atoms with E-state index in [9.17, 15) is 23.1 Å². The Labute approximate surface area is 285 Å². The molecule has 1 N–H and O–H groups in total. The van der Waals surface area contributed by atoms with E-state index in [1.54, 1.807) is 18.5 Å². The maximum atomic E-state index is 13.3. The Kier molecular flexibility index (Phi) is 14.1. The second-order valence-corrected chi connectivity index (χ2v) is 12.5. The number of alkyl halides is 3. The minimum Gasteiger partial charge on any atom is -0.512 e. The van der Waals surface area contributed by atoms with E-state index in [4.69, 9.17) is 0 Å². The van der Waals surface area contributed by atoms with Gasteiger partial charge in [0, 0.05) is 67.9 Å². The number of hydrogen-bond donors (Lipinski definition) is 1. The molecule has 0 unspecified atom stereocenters. The van der Waals surface area contributed by atoms with Gasteiger partial charge in [-0.1, -0.05) is 67.5 Å². The van der Waals surface area contributed by atoms with Gasteiger partial charge in [-0.25, -0.2) is 0 Å².